The van der Waals surface area contributed by atoms with Gasteiger partial charge in [0.1, 0.15) is 11.9 Å². The molecule has 0 amide bonds. The highest BCUT2D eigenvalue weighted by atomic mass is 16.5. The molecule has 1 heterocycles. The first-order valence-corrected chi connectivity index (χ1v) is 2.45. The van der Waals surface area contributed by atoms with Crippen molar-refractivity contribution in [3.63, 3.8) is 0 Å². The normalized spacial score (nSPS) is 9.44. The minimum absolute atomic E-state index is 0.363. The Hall–Kier alpha value is -1.32. The van der Waals surface area contributed by atoms with Crippen molar-refractivity contribution < 1.29 is 9.84 Å². The van der Waals surface area contributed by atoms with Crippen LogP contribution in [0.3, 0.4) is 0 Å². The summed E-state index contributed by atoms with van der Waals surface area (Å²) >= 11 is 0. The van der Waals surface area contributed by atoms with Crippen LogP contribution in [0.2, 0.25) is 0 Å². The van der Waals surface area contributed by atoms with Gasteiger partial charge in [0.25, 0.3) is 0 Å². The summed E-state index contributed by atoms with van der Waals surface area (Å²) in [6.45, 7) is 1.67. The molecule has 0 aliphatic carbocycles. The van der Waals surface area contributed by atoms with Gasteiger partial charge in [-0.15, -0.1) is 4.73 Å². The van der Waals surface area contributed by atoms with Crippen molar-refractivity contribution in [1.82, 2.24) is 4.98 Å². The quantitative estimate of drug-likeness (QED) is 0.384. The van der Waals surface area contributed by atoms with Gasteiger partial charge >= 0.3 is 5.88 Å². The highest BCUT2D eigenvalue weighted by Crippen LogP contribution is 1.95. The van der Waals surface area contributed by atoms with Crippen molar-refractivity contribution in [2.45, 2.75) is 6.92 Å². The SMILES string of the molecule is Cc1c[n+]([O-])c(O)cn1. The van der Waals surface area contributed by atoms with Gasteiger partial charge in [-0.25, -0.2) is 4.98 Å². The third-order valence-electron chi connectivity index (χ3n) is 0.914. The Bertz CT molecular complexity index is 224. The molecule has 0 saturated heterocycles. The van der Waals surface area contributed by atoms with Crippen molar-refractivity contribution in [1.29, 1.82) is 0 Å². The standard InChI is InChI=1S/C5H6N2O2/c1-4-3-7(9)5(8)2-6-4/h2-3,8H,1H3. The lowest BCUT2D eigenvalue weighted by atomic mass is 10.5. The van der Waals surface area contributed by atoms with Gasteiger partial charge in [0, 0.05) is 0 Å². The van der Waals surface area contributed by atoms with Gasteiger partial charge in [-0.2, -0.15) is 0 Å². The van der Waals surface area contributed by atoms with E-state index < -0.39 is 0 Å². The molecule has 0 atom stereocenters. The highest BCUT2D eigenvalue weighted by molar-refractivity contribution is 4.95. The van der Waals surface area contributed by atoms with E-state index in [0.29, 0.717) is 10.4 Å². The monoisotopic (exact) mass is 126 g/mol. The van der Waals surface area contributed by atoms with E-state index in [0.717, 1.165) is 6.20 Å². The lowest BCUT2D eigenvalue weighted by Crippen LogP contribution is -2.26. The maximum absolute atomic E-state index is 10.5. The smallest absolute Gasteiger partial charge is 0.395 e. The molecule has 48 valence electrons. The van der Waals surface area contributed by atoms with Gasteiger partial charge in [-0.3, -0.25) is 0 Å². The van der Waals surface area contributed by atoms with Gasteiger partial charge in [0.15, 0.2) is 0 Å². The highest BCUT2D eigenvalue weighted by Gasteiger charge is 1.99. The number of aryl methyl sites for hydroxylation is 1. The second-order valence-electron chi connectivity index (χ2n) is 1.71. The molecule has 0 fully saturated rings. The van der Waals surface area contributed by atoms with Gasteiger partial charge in [-0.05, 0) is 6.92 Å². The molecule has 4 nitrogen and oxygen atoms in total. The van der Waals surface area contributed by atoms with Crippen LogP contribution in [-0.4, -0.2) is 10.1 Å². The summed E-state index contributed by atoms with van der Waals surface area (Å²) in [6.07, 6.45) is 2.32. The zero-order valence-electron chi connectivity index (χ0n) is 4.90. The summed E-state index contributed by atoms with van der Waals surface area (Å²) in [5.41, 5.74) is 0.586. The zero-order valence-corrected chi connectivity index (χ0v) is 4.90. The summed E-state index contributed by atoms with van der Waals surface area (Å²) in [4.78, 5) is 3.67. The summed E-state index contributed by atoms with van der Waals surface area (Å²) in [5, 5.41) is 19.1. The minimum atomic E-state index is -0.374. The molecule has 0 unspecified atom stereocenters. The maximum atomic E-state index is 10.5. The van der Waals surface area contributed by atoms with Crippen molar-refractivity contribution in [3.8, 4) is 5.88 Å². The lowest BCUT2D eigenvalue weighted by molar-refractivity contribution is -0.614. The molecule has 0 bridgehead atoms. The van der Waals surface area contributed by atoms with E-state index in [1.807, 2.05) is 0 Å². The second kappa shape index (κ2) is 1.89. The number of nitrogens with zero attached hydrogens (tertiary/aromatic N) is 2. The van der Waals surface area contributed by atoms with E-state index in [-0.39, 0.29) is 5.88 Å². The fourth-order valence-electron chi connectivity index (χ4n) is 0.486. The Kier molecular flexibility index (Phi) is 1.22. The lowest BCUT2D eigenvalue weighted by Gasteiger charge is -1.95. The summed E-state index contributed by atoms with van der Waals surface area (Å²) in [5.74, 6) is -0.374. The van der Waals surface area contributed by atoms with E-state index in [9.17, 15) is 5.21 Å². The Morgan fingerprint density at radius 1 is 1.78 bits per heavy atom. The molecule has 0 aliphatic heterocycles. The number of rotatable bonds is 0. The maximum Gasteiger partial charge on any atom is 0.395 e. The van der Waals surface area contributed by atoms with E-state index in [1.54, 1.807) is 6.92 Å². The molecule has 0 saturated carbocycles. The number of aromatic hydroxyl groups is 1. The molecule has 9 heavy (non-hydrogen) atoms. The van der Waals surface area contributed by atoms with E-state index in [2.05, 4.69) is 4.98 Å². The average Bonchev–Trinajstić information content (AvgIpc) is 1.80. The Labute approximate surface area is 52.0 Å². The van der Waals surface area contributed by atoms with Gasteiger partial charge in [0.05, 0.1) is 0 Å². The van der Waals surface area contributed by atoms with Gasteiger partial charge < -0.3 is 10.3 Å². The fourth-order valence-corrected chi connectivity index (χ4v) is 0.486. The Morgan fingerprint density at radius 2 is 2.44 bits per heavy atom. The first-order valence-electron chi connectivity index (χ1n) is 2.45. The van der Waals surface area contributed by atoms with Crippen molar-refractivity contribution in [2.75, 3.05) is 0 Å². The number of hydrogen-bond acceptors (Lipinski definition) is 3. The molecule has 0 aliphatic rings. The van der Waals surface area contributed by atoms with Crippen LogP contribution < -0.4 is 4.73 Å². The Morgan fingerprint density at radius 3 is 2.89 bits per heavy atom. The van der Waals surface area contributed by atoms with E-state index in [4.69, 9.17) is 5.11 Å². The predicted molar refractivity (Wildman–Crippen MR) is 29.6 cm³/mol. The van der Waals surface area contributed by atoms with Crippen molar-refractivity contribution in [3.05, 3.63) is 23.3 Å². The third kappa shape index (κ3) is 1.07. The molecule has 0 aromatic carbocycles. The van der Waals surface area contributed by atoms with E-state index >= 15 is 0 Å². The van der Waals surface area contributed by atoms with Crippen LogP contribution in [0, 0.1) is 12.1 Å². The largest absolute Gasteiger partial charge is 0.616 e. The number of hydrogen-bond donors (Lipinski definition) is 1. The molecular formula is C5H6N2O2. The van der Waals surface area contributed by atoms with Crippen LogP contribution in [0.15, 0.2) is 12.4 Å². The average molecular weight is 126 g/mol. The molecule has 0 radical (unpaired) electrons. The van der Waals surface area contributed by atoms with Crippen LogP contribution in [0.1, 0.15) is 5.69 Å². The van der Waals surface area contributed by atoms with Crippen LogP contribution in [-0.2, 0) is 0 Å². The summed E-state index contributed by atoms with van der Waals surface area (Å²) in [6, 6.07) is 0. The van der Waals surface area contributed by atoms with Crippen LogP contribution in [0.5, 0.6) is 5.88 Å². The van der Waals surface area contributed by atoms with Crippen molar-refractivity contribution >= 4 is 0 Å². The summed E-state index contributed by atoms with van der Waals surface area (Å²) in [7, 11) is 0. The third-order valence-corrected chi connectivity index (χ3v) is 0.914. The second-order valence-corrected chi connectivity index (χ2v) is 1.71. The predicted octanol–water partition coefficient (Wildman–Crippen LogP) is -0.271. The molecule has 1 rings (SSSR count). The molecule has 0 spiro atoms. The molecule has 4 heteroatoms. The molecule has 1 aromatic rings. The summed E-state index contributed by atoms with van der Waals surface area (Å²) < 4.78 is 0.363. The zero-order chi connectivity index (χ0) is 6.85. The Balaban J connectivity index is 3.17. The minimum Gasteiger partial charge on any atom is -0.616 e. The van der Waals surface area contributed by atoms with Crippen molar-refractivity contribution in [2.24, 2.45) is 0 Å². The van der Waals surface area contributed by atoms with Crippen LogP contribution >= 0.6 is 0 Å². The van der Waals surface area contributed by atoms with Crippen LogP contribution in [0.4, 0.5) is 0 Å². The molecule has 1 aromatic heterocycles. The molecular weight excluding hydrogens is 120 g/mol. The van der Waals surface area contributed by atoms with Crippen LogP contribution in [0.25, 0.3) is 0 Å². The topological polar surface area (TPSA) is 60.1 Å². The van der Waals surface area contributed by atoms with E-state index in [1.165, 1.54) is 6.20 Å². The molecule has 1 N–H and O–H groups in total. The van der Waals surface area contributed by atoms with Gasteiger partial charge in [0.2, 0.25) is 6.20 Å². The number of aromatic nitrogens is 2. The first kappa shape index (κ1) is 5.81. The fraction of sp³-hybridized carbons (Fsp3) is 0.200. The van der Waals surface area contributed by atoms with Gasteiger partial charge in [-0.1, -0.05) is 0 Å². The first-order chi connectivity index (χ1) is 4.20.